The summed E-state index contributed by atoms with van der Waals surface area (Å²) in [6, 6.07) is 13.0. The number of carbonyl (C=O) groups is 1. The number of hydrogen-bond donors (Lipinski definition) is 1. The molecule has 0 saturated carbocycles. The van der Waals surface area contributed by atoms with Crippen molar-refractivity contribution >= 4 is 34.1 Å². The predicted molar refractivity (Wildman–Crippen MR) is 81.1 cm³/mol. The monoisotopic (exact) mass is 300 g/mol. The minimum Gasteiger partial charge on any atom is -0.319 e. The molecule has 1 amide bonds. The molecule has 0 aliphatic rings. The zero-order chi connectivity index (χ0) is 14.8. The molecule has 0 bridgehead atoms. The van der Waals surface area contributed by atoms with Gasteiger partial charge in [0.2, 0.25) is 0 Å². The molecule has 0 aliphatic carbocycles. The van der Waals surface area contributed by atoms with Gasteiger partial charge in [0.25, 0.3) is 5.91 Å². The second-order valence-electron chi connectivity index (χ2n) is 4.45. The van der Waals surface area contributed by atoms with E-state index in [0.717, 1.165) is 6.07 Å². The molecule has 0 atom stereocenters. The molecule has 0 saturated heterocycles. The number of para-hydroxylation sites is 1. The maximum atomic E-state index is 13.7. The number of aromatic nitrogens is 1. The topological polar surface area (TPSA) is 42.0 Å². The van der Waals surface area contributed by atoms with Gasteiger partial charge < -0.3 is 5.32 Å². The molecule has 1 aromatic heterocycles. The Balaban J connectivity index is 1.97. The van der Waals surface area contributed by atoms with E-state index < -0.39 is 11.7 Å². The van der Waals surface area contributed by atoms with Gasteiger partial charge in [-0.15, -0.1) is 0 Å². The number of halogens is 2. The molecule has 104 valence electrons. The summed E-state index contributed by atoms with van der Waals surface area (Å²) in [5.41, 5.74) is 1.24. The largest absolute Gasteiger partial charge is 0.319 e. The van der Waals surface area contributed by atoms with Crippen molar-refractivity contribution in [2.24, 2.45) is 0 Å². The molecule has 0 spiro atoms. The average Bonchev–Trinajstić information content (AvgIpc) is 2.49. The minimum absolute atomic E-state index is 0.0882. The first kappa shape index (κ1) is 13.5. The van der Waals surface area contributed by atoms with Gasteiger partial charge in [-0.3, -0.25) is 9.78 Å². The van der Waals surface area contributed by atoms with Crippen LogP contribution in [0.15, 0.2) is 54.7 Å². The SMILES string of the molecule is O=C(Nc1ccc(Cl)cc1F)c1ccnc2ccccc12. The molecule has 3 aromatic rings. The Kier molecular flexibility index (Phi) is 3.54. The highest BCUT2D eigenvalue weighted by Crippen LogP contribution is 2.21. The lowest BCUT2D eigenvalue weighted by Gasteiger charge is -2.08. The number of rotatable bonds is 2. The third-order valence-electron chi connectivity index (χ3n) is 3.07. The van der Waals surface area contributed by atoms with Crippen LogP contribution in [-0.2, 0) is 0 Å². The molecular weight excluding hydrogens is 291 g/mol. The molecule has 0 radical (unpaired) electrons. The molecule has 0 fully saturated rings. The molecule has 1 heterocycles. The number of nitrogens with zero attached hydrogens (tertiary/aromatic N) is 1. The van der Waals surface area contributed by atoms with Crippen LogP contribution in [0.4, 0.5) is 10.1 Å². The fourth-order valence-electron chi connectivity index (χ4n) is 2.07. The van der Waals surface area contributed by atoms with E-state index in [0.29, 0.717) is 16.5 Å². The highest BCUT2D eigenvalue weighted by atomic mass is 35.5. The molecule has 3 nitrogen and oxygen atoms in total. The molecule has 5 heteroatoms. The molecule has 0 aliphatic heterocycles. The standard InChI is InChI=1S/C16H10ClFN2O/c17-10-5-6-15(13(18)9-10)20-16(21)12-7-8-19-14-4-2-1-3-11(12)14/h1-9H,(H,20,21). The number of fused-ring (bicyclic) bond motifs is 1. The maximum absolute atomic E-state index is 13.7. The lowest BCUT2D eigenvalue weighted by atomic mass is 10.1. The lowest BCUT2D eigenvalue weighted by Crippen LogP contribution is -2.13. The van der Waals surface area contributed by atoms with Crippen molar-refractivity contribution in [2.75, 3.05) is 5.32 Å². The van der Waals surface area contributed by atoms with Crippen LogP contribution in [0.5, 0.6) is 0 Å². The smallest absolute Gasteiger partial charge is 0.256 e. The molecule has 2 aromatic carbocycles. The zero-order valence-corrected chi connectivity index (χ0v) is 11.6. The first-order valence-electron chi connectivity index (χ1n) is 6.25. The Morgan fingerprint density at radius 1 is 1.14 bits per heavy atom. The van der Waals surface area contributed by atoms with Gasteiger partial charge in [0.15, 0.2) is 0 Å². The fourth-order valence-corrected chi connectivity index (χ4v) is 2.23. The highest BCUT2D eigenvalue weighted by molar-refractivity contribution is 6.30. The van der Waals surface area contributed by atoms with Crippen LogP contribution in [0.2, 0.25) is 5.02 Å². The van der Waals surface area contributed by atoms with Gasteiger partial charge in [-0.25, -0.2) is 4.39 Å². The van der Waals surface area contributed by atoms with Crippen molar-refractivity contribution in [3.63, 3.8) is 0 Å². The Bertz CT molecular complexity index is 830. The lowest BCUT2D eigenvalue weighted by molar-refractivity contribution is 0.102. The van der Waals surface area contributed by atoms with E-state index in [-0.39, 0.29) is 10.7 Å². The summed E-state index contributed by atoms with van der Waals surface area (Å²) in [6.07, 6.45) is 1.55. The Morgan fingerprint density at radius 2 is 1.95 bits per heavy atom. The van der Waals surface area contributed by atoms with Gasteiger partial charge in [-0.2, -0.15) is 0 Å². The number of pyridine rings is 1. The van der Waals surface area contributed by atoms with Crippen molar-refractivity contribution in [1.82, 2.24) is 4.98 Å². The molecule has 1 N–H and O–H groups in total. The molecular formula is C16H10ClFN2O. The van der Waals surface area contributed by atoms with Gasteiger partial charge in [-0.05, 0) is 30.3 Å². The maximum Gasteiger partial charge on any atom is 0.256 e. The number of carbonyl (C=O) groups excluding carboxylic acids is 1. The van der Waals surface area contributed by atoms with Crippen LogP contribution < -0.4 is 5.32 Å². The zero-order valence-electron chi connectivity index (χ0n) is 10.8. The van der Waals surface area contributed by atoms with Crippen LogP contribution in [0, 0.1) is 5.82 Å². The summed E-state index contributed by atoms with van der Waals surface area (Å²) in [4.78, 5) is 16.5. The molecule has 0 unspecified atom stereocenters. The third kappa shape index (κ3) is 2.71. The Morgan fingerprint density at radius 3 is 2.76 bits per heavy atom. The third-order valence-corrected chi connectivity index (χ3v) is 3.31. The van der Waals surface area contributed by atoms with E-state index in [2.05, 4.69) is 10.3 Å². The van der Waals surface area contributed by atoms with Crippen molar-refractivity contribution in [3.05, 3.63) is 71.1 Å². The number of hydrogen-bond acceptors (Lipinski definition) is 2. The van der Waals surface area contributed by atoms with Crippen LogP contribution in [0.3, 0.4) is 0 Å². The minimum atomic E-state index is -0.575. The van der Waals surface area contributed by atoms with Crippen LogP contribution in [-0.4, -0.2) is 10.9 Å². The second-order valence-corrected chi connectivity index (χ2v) is 4.89. The summed E-state index contributed by atoms with van der Waals surface area (Å²) >= 11 is 5.69. The summed E-state index contributed by atoms with van der Waals surface area (Å²) in [5, 5.41) is 3.54. The van der Waals surface area contributed by atoms with E-state index in [9.17, 15) is 9.18 Å². The first-order valence-corrected chi connectivity index (χ1v) is 6.63. The highest BCUT2D eigenvalue weighted by Gasteiger charge is 2.12. The van der Waals surface area contributed by atoms with Crippen molar-refractivity contribution in [2.45, 2.75) is 0 Å². The van der Waals surface area contributed by atoms with Crippen LogP contribution >= 0.6 is 11.6 Å². The first-order chi connectivity index (χ1) is 10.1. The molecule has 21 heavy (non-hydrogen) atoms. The summed E-state index contributed by atoms with van der Waals surface area (Å²) in [5.74, 6) is -0.968. The quantitative estimate of drug-likeness (QED) is 0.767. The van der Waals surface area contributed by atoms with Gasteiger partial charge in [0, 0.05) is 16.6 Å². The summed E-state index contributed by atoms with van der Waals surface area (Å²) in [7, 11) is 0. The van der Waals surface area contributed by atoms with Crippen molar-refractivity contribution < 1.29 is 9.18 Å². The van der Waals surface area contributed by atoms with Gasteiger partial charge in [0.05, 0.1) is 16.8 Å². The summed E-state index contributed by atoms with van der Waals surface area (Å²) in [6.45, 7) is 0. The van der Waals surface area contributed by atoms with E-state index in [4.69, 9.17) is 11.6 Å². The second kappa shape index (κ2) is 5.50. The molecule has 3 rings (SSSR count). The Labute approximate surface area is 125 Å². The van der Waals surface area contributed by atoms with E-state index >= 15 is 0 Å². The van der Waals surface area contributed by atoms with Crippen LogP contribution in [0.1, 0.15) is 10.4 Å². The van der Waals surface area contributed by atoms with Gasteiger partial charge >= 0.3 is 0 Å². The van der Waals surface area contributed by atoms with E-state index in [1.165, 1.54) is 12.1 Å². The van der Waals surface area contributed by atoms with Crippen molar-refractivity contribution in [3.8, 4) is 0 Å². The number of anilines is 1. The number of benzene rings is 2. The predicted octanol–water partition coefficient (Wildman–Crippen LogP) is 4.28. The van der Waals surface area contributed by atoms with E-state index in [1.807, 2.05) is 18.2 Å². The number of amides is 1. The van der Waals surface area contributed by atoms with Crippen LogP contribution in [0.25, 0.3) is 10.9 Å². The normalized spacial score (nSPS) is 10.6. The van der Waals surface area contributed by atoms with E-state index in [1.54, 1.807) is 18.3 Å². The van der Waals surface area contributed by atoms with Gasteiger partial charge in [0.1, 0.15) is 5.82 Å². The summed E-state index contributed by atoms with van der Waals surface area (Å²) < 4.78 is 13.7. The fraction of sp³-hybridized carbons (Fsp3) is 0. The van der Waals surface area contributed by atoms with Crippen molar-refractivity contribution in [1.29, 1.82) is 0 Å². The Hall–Kier alpha value is -2.46. The number of nitrogens with one attached hydrogen (secondary N) is 1. The van der Waals surface area contributed by atoms with Gasteiger partial charge in [-0.1, -0.05) is 29.8 Å². The average molecular weight is 301 g/mol.